The molecule has 0 bridgehead atoms. The number of rotatable bonds is 5. The quantitative estimate of drug-likeness (QED) is 0.611. The highest BCUT2D eigenvalue weighted by Crippen LogP contribution is 1.98. The molecule has 2 amide bonds. The summed E-state index contributed by atoms with van der Waals surface area (Å²) < 4.78 is 10.5. The van der Waals surface area contributed by atoms with Crippen LogP contribution >= 0.6 is 0 Å². The molecule has 3 N–H and O–H groups in total. The third-order valence-corrected chi connectivity index (χ3v) is 2.39. The van der Waals surface area contributed by atoms with E-state index in [2.05, 4.69) is 10.6 Å². The number of urea groups is 1. The third kappa shape index (κ3) is 5.01. The van der Waals surface area contributed by atoms with E-state index in [1.54, 1.807) is 6.92 Å². The summed E-state index contributed by atoms with van der Waals surface area (Å²) in [7, 11) is 0. The van der Waals surface area contributed by atoms with Crippen LogP contribution in [0.25, 0.3) is 0 Å². The van der Waals surface area contributed by atoms with Crippen molar-refractivity contribution in [3.8, 4) is 0 Å². The van der Waals surface area contributed by atoms with Crippen molar-refractivity contribution in [2.45, 2.75) is 25.5 Å². The molecule has 0 radical (unpaired) electrons. The Kier molecular flexibility index (Phi) is 5.71. The highest BCUT2D eigenvalue weighted by molar-refractivity contribution is 5.82. The minimum Gasteiger partial charge on any atom is -0.480 e. The summed E-state index contributed by atoms with van der Waals surface area (Å²) in [5.41, 5.74) is 0. The molecule has 1 fully saturated rings. The maximum absolute atomic E-state index is 11.4. The number of hydrogen-bond acceptors (Lipinski definition) is 4. The van der Waals surface area contributed by atoms with Gasteiger partial charge in [-0.05, 0) is 6.42 Å². The van der Waals surface area contributed by atoms with Gasteiger partial charge in [0.1, 0.15) is 6.04 Å². The lowest BCUT2D eigenvalue weighted by Gasteiger charge is -2.23. The molecule has 7 nitrogen and oxygen atoms in total. The van der Waals surface area contributed by atoms with Crippen LogP contribution in [-0.2, 0) is 14.3 Å². The zero-order chi connectivity index (χ0) is 12.7. The maximum Gasteiger partial charge on any atom is 0.326 e. The van der Waals surface area contributed by atoms with Gasteiger partial charge < -0.3 is 25.2 Å². The van der Waals surface area contributed by atoms with Crippen molar-refractivity contribution in [1.29, 1.82) is 0 Å². The van der Waals surface area contributed by atoms with Gasteiger partial charge in [0.05, 0.1) is 25.9 Å². The van der Waals surface area contributed by atoms with Gasteiger partial charge in [0.15, 0.2) is 0 Å². The van der Waals surface area contributed by atoms with Crippen molar-refractivity contribution in [3.63, 3.8) is 0 Å². The summed E-state index contributed by atoms with van der Waals surface area (Å²) in [5, 5.41) is 13.7. The normalized spacial score (nSPS) is 21.6. The van der Waals surface area contributed by atoms with Crippen LogP contribution in [0.1, 0.15) is 13.3 Å². The lowest BCUT2D eigenvalue weighted by atomic mass is 10.2. The third-order valence-electron chi connectivity index (χ3n) is 2.39. The van der Waals surface area contributed by atoms with Gasteiger partial charge in [-0.25, -0.2) is 9.59 Å². The summed E-state index contributed by atoms with van der Waals surface area (Å²) in [6.45, 7) is 3.52. The van der Waals surface area contributed by atoms with E-state index in [0.29, 0.717) is 32.8 Å². The fraction of sp³-hybridized carbons (Fsp3) is 0.800. The summed E-state index contributed by atoms with van der Waals surface area (Å²) in [6.07, 6.45) is 0.172. The molecule has 2 atom stereocenters. The minimum atomic E-state index is -1.04. The number of carboxylic acid groups (broad SMARTS) is 1. The van der Waals surface area contributed by atoms with E-state index in [0.717, 1.165) is 0 Å². The fourth-order valence-corrected chi connectivity index (χ4v) is 1.41. The average Bonchev–Trinajstić information content (AvgIpc) is 2.34. The standard InChI is InChI=1S/C10H18N2O5/c1-2-8(9(13)14)12-10(15)11-5-7-6-16-3-4-17-7/h7-8H,2-6H2,1H3,(H,13,14)(H2,11,12,15). The van der Waals surface area contributed by atoms with Crippen LogP contribution in [0.3, 0.4) is 0 Å². The Bertz CT molecular complexity index is 265. The van der Waals surface area contributed by atoms with Crippen LogP contribution in [0.5, 0.6) is 0 Å². The van der Waals surface area contributed by atoms with Crippen LogP contribution in [0, 0.1) is 0 Å². The van der Waals surface area contributed by atoms with Crippen LogP contribution in [-0.4, -0.2) is 55.6 Å². The van der Waals surface area contributed by atoms with E-state index in [1.807, 2.05) is 0 Å². The van der Waals surface area contributed by atoms with E-state index in [9.17, 15) is 9.59 Å². The predicted molar refractivity (Wildman–Crippen MR) is 58.8 cm³/mol. The van der Waals surface area contributed by atoms with Gasteiger partial charge in [0.25, 0.3) is 0 Å². The highest BCUT2D eigenvalue weighted by Gasteiger charge is 2.19. The van der Waals surface area contributed by atoms with E-state index < -0.39 is 18.0 Å². The SMILES string of the molecule is CCC(NC(=O)NCC1COCCO1)C(=O)O. The molecule has 0 spiro atoms. The van der Waals surface area contributed by atoms with Crippen LogP contribution in [0.2, 0.25) is 0 Å². The first-order valence-electron chi connectivity index (χ1n) is 5.60. The number of amides is 2. The average molecular weight is 246 g/mol. The van der Waals surface area contributed by atoms with E-state index in [4.69, 9.17) is 14.6 Å². The number of hydrogen-bond donors (Lipinski definition) is 3. The summed E-state index contributed by atoms with van der Waals surface area (Å²) >= 11 is 0. The van der Waals surface area contributed by atoms with E-state index in [1.165, 1.54) is 0 Å². The van der Waals surface area contributed by atoms with E-state index in [-0.39, 0.29) is 6.10 Å². The molecule has 1 saturated heterocycles. The Morgan fingerprint density at radius 2 is 2.24 bits per heavy atom. The van der Waals surface area contributed by atoms with Crippen LogP contribution in [0.4, 0.5) is 4.79 Å². The smallest absolute Gasteiger partial charge is 0.326 e. The molecule has 98 valence electrons. The Labute approximate surface area is 99.5 Å². The van der Waals surface area contributed by atoms with Crippen LogP contribution < -0.4 is 10.6 Å². The minimum absolute atomic E-state index is 0.167. The molecular formula is C10H18N2O5. The molecule has 0 aromatic carbocycles. The second-order valence-corrected chi connectivity index (χ2v) is 3.72. The molecule has 0 aromatic heterocycles. The molecule has 1 rings (SSSR count). The van der Waals surface area contributed by atoms with Gasteiger partial charge in [-0.1, -0.05) is 6.92 Å². The van der Waals surface area contributed by atoms with Gasteiger partial charge in [-0.15, -0.1) is 0 Å². The highest BCUT2D eigenvalue weighted by atomic mass is 16.6. The molecule has 1 heterocycles. The maximum atomic E-state index is 11.4. The van der Waals surface area contributed by atoms with Crippen molar-refractivity contribution in [1.82, 2.24) is 10.6 Å². The Morgan fingerprint density at radius 3 is 2.76 bits per heavy atom. The molecular weight excluding hydrogens is 228 g/mol. The Hall–Kier alpha value is -1.34. The molecule has 0 aliphatic carbocycles. The molecule has 2 unspecified atom stereocenters. The zero-order valence-corrected chi connectivity index (χ0v) is 9.77. The Morgan fingerprint density at radius 1 is 1.47 bits per heavy atom. The zero-order valence-electron chi connectivity index (χ0n) is 9.77. The van der Waals surface area contributed by atoms with Gasteiger partial charge in [0.2, 0.25) is 0 Å². The van der Waals surface area contributed by atoms with Crippen molar-refractivity contribution in [3.05, 3.63) is 0 Å². The lowest BCUT2D eigenvalue weighted by Crippen LogP contribution is -2.48. The Balaban J connectivity index is 2.21. The number of nitrogens with one attached hydrogen (secondary N) is 2. The van der Waals surface area contributed by atoms with Gasteiger partial charge in [0, 0.05) is 6.54 Å². The summed E-state index contributed by atoms with van der Waals surface area (Å²) in [4.78, 5) is 22.1. The van der Waals surface area contributed by atoms with Crippen molar-refractivity contribution in [2.75, 3.05) is 26.4 Å². The number of carboxylic acids is 1. The summed E-state index contributed by atoms with van der Waals surface area (Å²) in [5.74, 6) is -1.04. The molecule has 0 aromatic rings. The number of ether oxygens (including phenoxy) is 2. The molecule has 17 heavy (non-hydrogen) atoms. The molecule has 1 aliphatic rings. The predicted octanol–water partition coefficient (Wildman–Crippen LogP) is -0.436. The number of carbonyl (C=O) groups excluding carboxylic acids is 1. The first-order chi connectivity index (χ1) is 8.13. The first kappa shape index (κ1) is 13.7. The summed E-state index contributed by atoms with van der Waals surface area (Å²) in [6, 6.07) is -1.37. The topological polar surface area (TPSA) is 96.9 Å². The van der Waals surface area contributed by atoms with Gasteiger partial charge >= 0.3 is 12.0 Å². The largest absolute Gasteiger partial charge is 0.480 e. The molecule has 7 heteroatoms. The monoisotopic (exact) mass is 246 g/mol. The first-order valence-corrected chi connectivity index (χ1v) is 5.60. The molecule has 0 saturated carbocycles. The molecule has 1 aliphatic heterocycles. The lowest BCUT2D eigenvalue weighted by molar-refractivity contribution is -0.139. The van der Waals surface area contributed by atoms with Crippen molar-refractivity contribution < 1.29 is 24.2 Å². The van der Waals surface area contributed by atoms with Crippen molar-refractivity contribution >= 4 is 12.0 Å². The van der Waals surface area contributed by atoms with E-state index >= 15 is 0 Å². The second-order valence-electron chi connectivity index (χ2n) is 3.72. The van der Waals surface area contributed by atoms with Gasteiger partial charge in [-0.2, -0.15) is 0 Å². The van der Waals surface area contributed by atoms with Crippen LogP contribution in [0.15, 0.2) is 0 Å². The fourth-order valence-electron chi connectivity index (χ4n) is 1.41. The number of carbonyl (C=O) groups is 2. The second kappa shape index (κ2) is 7.08. The van der Waals surface area contributed by atoms with Crippen molar-refractivity contribution in [2.24, 2.45) is 0 Å². The number of aliphatic carboxylic acids is 1. The van der Waals surface area contributed by atoms with Gasteiger partial charge in [-0.3, -0.25) is 0 Å².